The third kappa shape index (κ3) is 1.48. The fourth-order valence-corrected chi connectivity index (χ4v) is 1.64. The van der Waals surface area contributed by atoms with Crippen LogP contribution in [0.1, 0.15) is 18.5 Å². The van der Waals surface area contributed by atoms with Crippen LogP contribution >= 0.6 is 0 Å². The number of rotatable bonds is 2. The van der Waals surface area contributed by atoms with Gasteiger partial charge in [-0.25, -0.2) is 0 Å². The molecule has 1 aliphatic rings. The minimum absolute atomic E-state index is 0.423. The summed E-state index contributed by atoms with van der Waals surface area (Å²) in [6.45, 7) is 0. The van der Waals surface area contributed by atoms with Gasteiger partial charge in [0, 0.05) is 17.9 Å². The molecule has 1 aromatic rings. The first-order chi connectivity index (χ1) is 5.86. The van der Waals surface area contributed by atoms with Gasteiger partial charge in [-0.1, -0.05) is 6.07 Å². The maximum absolute atomic E-state index is 5.84. The summed E-state index contributed by atoms with van der Waals surface area (Å²) in [4.78, 5) is 4.28. The van der Waals surface area contributed by atoms with E-state index in [1.165, 1.54) is 18.5 Å². The topological polar surface area (TPSA) is 38.9 Å². The lowest BCUT2D eigenvalue weighted by atomic mass is 9.77. The Kier molecular flexibility index (Phi) is 2.09. The van der Waals surface area contributed by atoms with Gasteiger partial charge in [-0.3, -0.25) is 4.98 Å². The molecule has 2 heteroatoms. The zero-order valence-corrected chi connectivity index (χ0v) is 7.11. The zero-order valence-electron chi connectivity index (χ0n) is 7.11. The van der Waals surface area contributed by atoms with Gasteiger partial charge in [0.25, 0.3) is 0 Å². The third-order valence-electron chi connectivity index (χ3n) is 2.67. The van der Waals surface area contributed by atoms with Gasteiger partial charge >= 0.3 is 0 Å². The fourth-order valence-electron chi connectivity index (χ4n) is 1.64. The molecule has 12 heavy (non-hydrogen) atoms. The molecule has 0 radical (unpaired) electrons. The maximum atomic E-state index is 5.84. The number of pyridine rings is 1. The number of hydrogen-bond acceptors (Lipinski definition) is 2. The molecule has 1 fully saturated rings. The second-order valence-electron chi connectivity index (χ2n) is 3.53. The van der Waals surface area contributed by atoms with E-state index in [2.05, 4.69) is 11.1 Å². The molecular formula is C10H14N2. The van der Waals surface area contributed by atoms with Crippen molar-refractivity contribution in [2.45, 2.75) is 25.3 Å². The van der Waals surface area contributed by atoms with Crippen LogP contribution in [-0.2, 0) is 6.42 Å². The summed E-state index contributed by atoms with van der Waals surface area (Å²) >= 11 is 0. The normalized spacial score (nSPS) is 28.1. The predicted molar refractivity (Wildman–Crippen MR) is 48.6 cm³/mol. The molecule has 2 nitrogen and oxygen atoms in total. The number of hydrogen-bond donors (Lipinski definition) is 1. The average molecular weight is 162 g/mol. The molecular weight excluding hydrogens is 148 g/mol. The standard InChI is InChI=1S/C10H14N2/c11-10-5-4-8(10)7-9-3-1-2-6-12-9/h1-3,6,8,10H,4-5,7,11H2. The fraction of sp³-hybridized carbons (Fsp3) is 0.500. The minimum Gasteiger partial charge on any atom is -0.327 e. The van der Waals surface area contributed by atoms with Gasteiger partial charge in [-0.15, -0.1) is 0 Å². The van der Waals surface area contributed by atoms with Gasteiger partial charge in [-0.2, -0.15) is 0 Å². The van der Waals surface area contributed by atoms with Crippen molar-refractivity contribution in [1.29, 1.82) is 0 Å². The summed E-state index contributed by atoms with van der Waals surface area (Å²) in [6, 6.07) is 6.48. The van der Waals surface area contributed by atoms with Crippen LogP contribution < -0.4 is 5.73 Å². The van der Waals surface area contributed by atoms with Crippen LogP contribution in [0.3, 0.4) is 0 Å². The van der Waals surface area contributed by atoms with Crippen molar-refractivity contribution in [1.82, 2.24) is 4.98 Å². The SMILES string of the molecule is NC1CCC1Cc1ccccn1. The summed E-state index contributed by atoms with van der Waals surface area (Å²) in [6.07, 6.45) is 5.37. The van der Waals surface area contributed by atoms with Crippen molar-refractivity contribution in [2.75, 3.05) is 0 Å². The maximum Gasteiger partial charge on any atom is 0.0406 e. The smallest absolute Gasteiger partial charge is 0.0406 e. The molecule has 0 saturated heterocycles. The van der Waals surface area contributed by atoms with Crippen LogP contribution in [-0.4, -0.2) is 11.0 Å². The lowest BCUT2D eigenvalue weighted by Crippen LogP contribution is -2.40. The Morgan fingerprint density at radius 1 is 1.42 bits per heavy atom. The summed E-state index contributed by atoms with van der Waals surface area (Å²) in [5, 5.41) is 0. The molecule has 1 heterocycles. The Hall–Kier alpha value is -0.890. The summed E-state index contributed by atoms with van der Waals surface area (Å²) in [5.41, 5.74) is 7.02. The first kappa shape index (κ1) is 7.74. The van der Waals surface area contributed by atoms with Gasteiger partial charge in [0.1, 0.15) is 0 Å². The van der Waals surface area contributed by atoms with Gasteiger partial charge in [-0.05, 0) is 37.3 Å². The van der Waals surface area contributed by atoms with E-state index in [4.69, 9.17) is 5.73 Å². The summed E-state index contributed by atoms with van der Waals surface area (Å²) in [7, 11) is 0. The molecule has 1 aromatic heterocycles. The van der Waals surface area contributed by atoms with E-state index in [-0.39, 0.29) is 0 Å². The second-order valence-corrected chi connectivity index (χ2v) is 3.53. The van der Waals surface area contributed by atoms with Gasteiger partial charge in [0.15, 0.2) is 0 Å². The molecule has 64 valence electrons. The van der Waals surface area contributed by atoms with Crippen molar-refractivity contribution in [3.05, 3.63) is 30.1 Å². The van der Waals surface area contributed by atoms with E-state index in [9.17, 15) is 0 Å². The Morgan fingerprint density at radius 2 is 2.33 bits per heavy atom. The minimum atomic E-state index is 0.423. The first-order valence-electron chi connectivity index (χ1n) is 4.52. The highest BCUT2D eigenvalue weighted by Crippen LogP contribution is 2.28. The lowest BCUT2D eigenvalue weighted by molar-refractivity contribution is 0.254. The molecule has 2 N–H and O–H groups in total. The number of aromatic nitrogens is 1. The first-order valence-corrected chi connectivity index (χ1v) is 4.52. The van der Waals surface area contributed by atoms with Crippen molar-refractivity contribution in [3.8, 4) is 0 Å². The largest absolute Gasteiger partial charge is 0.327 e. The molecule has 0 spiro atoms. The van der Waals surface area contributed by atoms with Gasteiger partial charge < -0.3 is 5.73 Å². The van der Waals surface area contributed by atoms with Crippen LogP contribution in [0.2, 0.25) is 0 Å². The van der Waals surface area contributed by atoms with E-state index < -0.39 is 0 Å². The number of nitrogens with two attached hydrogens (primary N) is 1. The van der Waals surface area contributed by atoms with Gasteiger partial charge in [0.2, 0.25) is 0 Å². The van der Waals surface area contributed by atoms with E-state index >= 15 is 0 Å². The van der Waals surface area contributed by atoms with E-state index in [0.29, 0.717) is 12.0 Å². The molecule has 2 atom stereocenters. The van der Waals surface area contributed by atoms with Crippen LogP contribution in [0.4, 0.5) is 0 Å². The molecule has 1 aliphatic carbocycles. The second kappa shape index (κ2) is 3.23. The quantitative estimate of drug-likeness (QED) is 0.713. The highest BCUT2D eigenvalue weighted by atomic mass is 14.7. The molecule has 0 aromatic carbocycles. The summed E-state index contributed by atoms with van der Waals surface area (Å²) < 4.78 is 0. The molecule has 0 bridgehead atoms. The van der Waals surface area contributed by atoms with Crippen LogP contribution in [0, 0.1) is 5.92 Å². The van der Waals surface area contributed by atoms with Crippen LogP contribution in [0.25, 0.3) is 0 Å². The van der Waals surface area contributed by atoms with Crippen LogP contribution in [0.5, 0.6) is 0 Å². The van der Waals surface area contributed by atoms with E-state index in [0.717, 1.165) is 6.42 Å². The lowest BCUT2D eigenvalue weighted by Gasteiger charge is -2.33. The molecule has 2 rings (SSSR count). The summed E-state index contributed by atoms with van der Waals surface area (Å²) in [5.74, 6) is 0.680. The van der Waals surface area contributed by atoms with Crippen molar-refractivity contribution < 1.29 is 0 Å². The van der Waals surface area contributed by atoms with E-state index in [1.54, 1.807) is 0 Å². The van der Waals surface area contributed by atoms with Crippen molar-refractivity contribution in [2.24, 2.45) is 11.7 Å². The van der Waals surface area contributed by atoms with Crippen molar-refractivity contribution in [3.63, 3.8) is 0 Å². The molecule has 1 saturated carbocycles. The Morgan fingerprint density at radius 3 is 2.83 bits per heavy atom. The van der Waals surface area contributed by atoms with Gasteiger partial charge in [0.05, 0.1) is 0 Å². The average Bonchev–Trinajstić information content (AvgIpc) is 2.14. The van der Waals surface area contributed by atoms with Crippen LogP contribution in [0.15, 0.2) is 24.4 Å². The Bertz CT molecular complexity index is 245. The van der Waals surface area contributed by atoms with E-state index in [1.807, 2.05) is 18.3 Å². The zero-order chi connectivity index (χ0) is 8.39. The monoisotopic (exact) mass is 162 g/mol. The Labute approximate surface area is 72.8 Å². The molecule has 2 unspecified atom stereocenters. The predicted octanol–water partition coefficient (Wildman–Crippen LogP) is 1.36. The molecule has 0 aliphatic heterocycles. The highest BCUT2D eigenvalue weighted by molar-refractivity contribution is 5.06. The van der Waals surface area contributed by atoms with Crippen molar-refractivity contribution >= 4 is 0 Å². The highest BCUT2D eigenvalue weighted by Gasteiger charge is 2.27. The third-order valence-corrected chi connectivity index (χ3v) is 2.67. The number of nitrogens with zero attached hydrogens (tertiary/aromatic N) is 1. The Balaban J connectivity index is 1.95. The molecule has 0 amide bonds.